The minimum absolute atomic E-state index is 0.0706. The van der Waals surface area contributed by atoms with Crippen molar-refractivity contribution in [2.45, 2.75) is 32.2 Å². The zero-order valence-electron chi connectivity index (χ0n) is 8.56. The fourth-order valence-electron chi connectivity index (χ4n) is 2.41. The lowest BCUT2D eigenvalue weighted by Crippen LogP contribution is -2.24. The van der Waals surface area contributed by atoms with E-state index in [9.17, 15) is 0 Å². The Bertz CT molecular complexity index is 286. The predicted octanol–water partition coefficient (Wildman–Crippen LogP) is 1.91. The molecule has 0 spiro atoms. The fourth-order valence-corrected chi connectivity index (χ4v) is 2.41. The van der Waals surface area contributed by atoms with Crippen LogP contribution in [0.4, 0.5) is 0 Å². The molecule has 76 valence electrons. The van der Waals surface area contributed by atoms with Crippen LogP contribution in [0.2, 0.25) is 0 Å². The summed E-state index contributed by atoms with van der Waals surface area (Å²) in [5.74, 6) is 1.32. The van der Waals surface area contributed by atoms with Crippen molar-refractivity contribution in [2.24, 2.45) is 17.6 Å². The van der Waals surface area contributed by atoms with Gasteiger partial charge in [-0.05, 0) is 18.3 Å². The molecule has 1 heterocycles. The molecular weight excluding hydrogens is 174 g/mol. The van der Waals surface area contributed by atoms with Gasteiger partial charge in [0.1, 0.15) is 0 Å². The molecule has 0 aliphatic heterocycles. The minimum atomic E-state index is 0.0706. The van der Waals surface area contributed by atoms with Gasteiger partial charge in [-0.2, -0.15) is 0 Å². The number of nitrogens with two attached hydrogens (primary N) is 1. The molecule has 1 aliphatic carbocycles. The van der Waals surface area contributed by atoms with Gasteiger partial charge in [-0.15, -0.1) is 0 Å². The number of hydrogen-bond acceptors (Lipinski definition) is 3. The molecule has 0 amide bonds. The minimum Gasteiger partial charge on any atom is -0.322 e. The second kappa shape index (κ2) is 4.05. The van der Waals surface area contributed by atoms with Crippen molar-refractivity contribution in [3.63, 3.8) is 0 Å². The van der Waals surface area contributed by atoms with Gasteiger partial charge in [0, 0.05) is 18.6 Å². The summed E-state index contributed by atoms with van der Waals surface area (Å²) in [5.41, 5.74) is 7.12. The third-order valence-corrected chi connectivity index (χ3v) is 3.31. The fraction of sp³-hybridized carbons (Fsp3) is 0.636. The van der Waals surface area contributed by atoms with E-state index in [0.717, 1.165) is 11.6 Å². The Morgan fingerprint density at radius 1 is 1.43 bits per heavy atom. The van der Waals surface area contributed by atoms with Crippen LogP contribution >= 0.6 is 0 Å². The number of rotatable bonds is 2. The quantitative estimate of drug-likeness (QED) is 0.777. The second-order valence-electron chi connectivity index (χ2n) is 4.23. The summed E-state index contributed by atoms with van der Waals surface area (Å²) >= 11 is 0. The van der Waals surface area contributed by atoms with E-state index in [4.69, 9.17) is 5.73 Å². The average molecular weight is 191 g/mol. The van der Waals surface area contributed by atoms with Crippen LogP contribution in [0, 0.1) is 11.8 Å². The molecule has 1 saturated carbocycles. The van der Waals surface area contributed by atoms with Gasteiger partial charge in [-0.25, -0.2) is 0 Å². The van der Waals surface area contributed by atoms with Crippen molar-refractivity contribution >= 4 is 0 Å². The van der Waals surface area contributed by atoms with Gasteiger partial charge in [0.05, 0.1) is 11.7 Å². The van der Waals surface area contributed by atoms with Crippen molar-refractivity contribution in [1.82, 2.24) is 9.97 Å². The molecule has 3 unspecified atom stereocenters. The topological polar surface area (TPSA) is 51.8 Å². The summed E-state index contributed by atoms with van der Waals surface area (Å²) in [6.07, 6.45) is 9.04. The van der Waals surface area contributed by atoms with E-state index in [1.165, 1.54) is 19.3 Å². The van der Waals surface area contributed by atoms with Crippen LogP contribution in [0.25, 0.3) is 0 Å². The monoisotopic (exact) mass is 191 g/mol. The van der Waals surface area contributed by atoms with E-state index in [1.807, 2.05) is 0 Å². The van der Waals surface area contributed by atoms with Crippen LogP contribution in [0.1, 0.15) is 37.9 Å². The molecule has 1 aliphatic rings. The van der Waals surface area contributed by atoms with Gasteiger partial charge in [0.2, 0.25) is 0 Å². The molecule has 0 aromatic carbocycles. The highest BCUT2D eigenvalue weighted by molar-refractivity contribution is 5.04. The zero-order valence-corrected chi connectivity index (χ0v) is 8.56. The van der Waals surface area contributed by atoms with Crippen molar-refractivity contribution in [3.05, 3.63) is 24.3 Å². The SMILES string of the molecule is CC1CCCC1C(N)c1cnccn1. The van der Waals surface area contributed by atoms with Gasteiger partial charge < -0.3 is 5.73 Å². The van der Waals surface area contributed by atoms with Gasteiger partial charge >= 0.3 is 0 Å². The summed E-state index contributed by atoms with van der Waals surface area (Å²) in [4.78, 5) is 8.33. The normalized spacial score (nSPS) is 29.0. The van der Waals surface area contributed by atoms with Crippen LogP contribution in [-0.4, -0.2) is 9.97 Å². The zero-order chi connectivity index (χ0) is 9.97. The third kappa shape index (κ3) is 1.77. The molecule has 0 saturated heterocycles. The summed E-state index contributed by atoms with van der Waals surface area (Å²) < 4.78 is 0. The van der Waals surface area contributed by atoms with Crippen LogP contribution in [0.3, 0.4) is 0 Å². The maximum Gasteiger partial charge on any atom is 0.0756 e. The number of hydrogen-bond donors (Lipinski definition) is 1. The smallest absolute Gasteiger partial charge is 0.0756 e. The lowest BCUT2D eigenvalue weighted by atomic mass is 9.89. The van der Waals surface area contributed by atoms with E-state index in [-0.39, 0.29) is 6.04 Å². The van der Waals surface area contributed by atoms with E-state index in [0.29, 0.717) is 5.92 Å². The van der Waals surface area contributed by atoms with Crippen LogP contribution < -0.4 is 5.73 Å². The Kier molecular flexibility index (Phi) is 2.77. The van der Waals surface area contributed by atoms with E-state index >= 15 is 0 Å². The molecule has 14 heavy (non-hydrogen) atoms. The number of aromatic nitrogens is 2. The summed E-state index contributed by atoms with van der Waals surface area (Å²) in [7, 11) is 0. The first-order valence-corrected chi connectivity index (χ1v) is 5.30. The summed E-state index contributed by atoms with van der Waals surface area (Å²) in [6, 6.07) is 0.0706. The lowest BCUT2D eigenvalue weighted by Gasteiger charge is -2.22. The van der Waals surface area contributed by atoms with Gasteiger partial charge in [-0.3, -0.25) is 9.97 Å². The van der Waals surface area contributed by atoms with Gasteiger partial charge in [0.25, 0.3) is 0 Å². The highest BCUT2D eigenvalue weighted by Gasteiger charge is 2.30. The largest absolute Gasteiger partial charge is 0.322 e. The van der Waals surface area contributed by atoms with E-state index < -0.39 is 0 Å². The van der Waals surface area contributed by atoms with Crippen molar-refractivity contribution < 1.29 is 0 Å². The number of nitrogens with zero attached hydrogens (tertiary/aromatic N) is 2. The summed E-state index contributed by atoms with van der Waals surface area (Å²) in [6.45, 7) is 2.29. The highest BCUT2D eigenvalue weighted by Crippen LogP contribution is 2.37. The molecule has 2 N–H and O–H groups in total. The third-order valence-electron chi connectivity index (χ3n) is 3.31. The van der Waals surface area contributed by atoms with Crippen LogP contribution in [0.15, 0.2) is 18.6 Å². The van der Waals surface area contributed by atoms with Gasteiger partial charge in [-0.1, -0.05) is 19.8 Å². The Morgan fingerprint density at radius 3 is 2.86 bits per heavy atom. The molecule has 3 nitrogen and oxygen atoms in total. The molecule has 1 fully saturated rings. The Balaban J connectivity index is 2.12. The Morgan fingerprint density at radius 2 is 2.29 bits per heavy atom. The maximum absolute atomic E-state index is 6.19. The lowest BCUT2D eigenvalue weighted by molar-refractivity contribution is 0.345. The summed E-state index contributed by atoms with van der Waals surface area (Å²) in [5, 5.41) is 0. The average Bonchev–Trinajstić information content (AvgIpc) is 2.65. The Hall–Kier alpha value is -0.960. The standard InChI is InChI=1S/C11H17N3/c1-8-3-2-4-9(8)11(12)10-7-13-5-6-14-10/h5-9,11H,2-4,12H2,1H3. The van der Waals surface area contributed by atoms with E-state index in [1.54, 1.807) is 18.6 Å². The van der Waals surface area contributed by atoms with Gasteiger partial charge in [0.15, 0.2) is 0 Å². The molecule has 1 aromatic rings. The first-order chi connectivity index (χ1) is 6.79. The maximum atomic E-state index is 6.19. The van der Waals surface area contributed by atoms with E-state index in [2.05, 4.69) is 16.9 Å². The highest BCUT2D eigenvalue weighted by atomic mass is 14.8. The molecule has 3 atom stereocenters. The van der Waals surface area contributed by atoms with Crippen molar-refractivity contribution in [1.29, 1.82) is 0 Å². The second-order valence-corrected chi connectivity index (χ2v) is 4.23. The molecular formula is C11H17N3. The molecule has 0 radical (unpaired) electrons. The van der Waals surface area contributed by atoms with Crippen molar-refractivity contribution in [3.8, 4) is 0 Å². The molecule has 1 aromatic heterocycles. The molecule has 0 bridgehead atoms. The molecule has 3 heteroatoms. The first kappa shape index (κ1) is 9.59. The Labute approximate surface area is 84.8 Å². The van der Waals surface area contributed by atoms with Crippen LogP contribution in [0.5, 0.6) is 0 Å². The first-order valence-electron chi connectivity index (χ1n) is 5.30. The van der Waals surface area contributed by atoms with Crippen molar-refractivity contribution in [2.75, 3.05) is 0 Å². The predicted molar refractivity (Wildman–Crippen MR) is 55.5 cm³/mol. The molecule has 2 rings (SSSR count). The van der Waals surface area contributed by atoms with Crippen LogP contribution in [-0.2, 0) is 0 Å².